The quantitative estimate of drug-likeness (QED) is 0.459. The minimum absolute atomic E-state index is 0.0942. The van der Waals surface area contributed by atoms with Crippen molar-refractivity contribution >= 4 is 17.8 Å². The fourth-order valence-corrected chi connectivity index (χ4v) is 2.03. The van der Waals surface area contributed by atoms with Gasteiger partial charge >= 0.3 is 0 Å². The highest BCUT2D eigenvalue weighted by Crippen LogP contribution is 2.14. The summed E-state index contributed by atoms with van der Waals surface area (Å²) >= 11 is 0. The third-order valence-corrected chi connectivity index (χ3v) is 3.42. The summed E-state index contributed by atoms with van der Waals surface area (Å²) in [5.41, 5.74) is 2.11. The van der Waals surface area contributed by atoms with Gasteiger partial charge in [-0.05, 0) is 24.6 Å². The first-order valence-electron chi connectivity index (χ1n) is 7.55. The fourth-order valence-electron chi connectivity index (χ4n) is 2.03. The maximum absolute atomic E-state index is 12.5. The highest BCUT2D eigenvalue weighted by Gasteiger charge is 2.16. The van der Waals surface area contributed by atoms with Crippen molar-refractivity contribution in [3.8, 4) is 6.07 Å². The Balaban J connectivity index is 2.20. The number of nitro groups is 1. The van der Waals surface area contributed by atoms with Crippen LogP contribution in [0.3, 0.4) is 0 Å². The van der Waals surface area contributed by atoms with Crippen LogP contribution in [0.25, 0.3) is 0 Å². The monoisotopic (exact) mass is 336 g/mol. The molecule has 0 N–H and O–H groups in total. The van der Waals surface area contributed by atoms with E-state index in [1.54, 1.807) is 6.21 Å². The Hall–Kier alpha value is -3.53. The Bertz CT molecular complexity index is 821. The van der Waals surface area contributed by atoms with Gasteiger partial charge in [-0.2, -0.15) is 10.4 Å². The molecule has 0 radical (unpaired) electrons. The zero-order chi connectivity index (χ0) is 18.2. The third kappa shape index (κ3) is 4.97. The van der Waals surface area contributed by atoms with Crippen molar-refractivity contribution in [2.24, 2.45) is 5.10 Å². The summed E-state index contributed by atoms with van der Waals surface area (Å²) in [4.78, 5) is 22.7. The molecule has 0 aliphatic carbocycles. The number of hydrazone groups is 1. The van der Waals surface area contributed by atoms with E-state index in [9.17, 15) is 14.9 Å². The summed E-state index contributed by atoms with van der Waals surface area (Å²) in [5, 5.41) is 24.8. The molecule has 2 aromatic rings. The Kier molecular flexibility index (Phi) is 5.96. The zero-order valence-corrected chi connectivity index (χ0v) is 13.6. The van der Waals surface area contributed by atoms with Gasteiger partial charge in [0.25, 0.3) is 11.6 Å². The number of carbonyl (C=O) groups excluding carboxylic acids is 1. The summed E-state index contributed by atoms with van der Waals surface area (Å²) < 4.78 is 0. The minimum Gasteiger partial charge on any atom is -0.267 e. The van der Waals surface area contributed by atoms with Crippen molar-refractivity contribution in [3.63, 3.8) is 0 Å². The maximum Gasteiger partial charge on any atom is 0.273 e. The molecule has 7 nitrogen and oxygen atoms in total. The Morgan fingerprint density at radius 1 is 1.24 bits per heavy atom. The Morgan fingerprint density at radius 3 is 2.44 bits per heavy atom. The van der Waals surface area contributed by atoms with Crippen molar-refractivity contribution in [2.75, 3.05) is 6.54 Å². The van der Waals surface area contributed by atoms with Gasteiger partial charge in [0.2, 0.25) is 0 Å². The van der Waals surface area contributed by atoms with E-state index in [0.29, 0.717) is 0 Å². The molecule has 0 saturated carbocycles. The van der Waals surface area contributed by atoms with E-state index in [-0.39, 0.29) is 24.2 Å². The lowest BCUT2D eigenvalue weighted by Crippen LogP contribution is -2.27. The molecule has 0 aliphatic rings. The van der Waals surface area contributed by atoms with E-state index in [2.05, 4.69) is 5.10 Å². The Labute approximate surface area is 145 Å². The molecule has 0 spiro atoms. The number of non-ortho nitro benzene ring substituents is 1. The van der Waals surface area contributed by atoms with Gasteiger partial charge in [0.05, 0.1) is 30.2 Å². The first-order chi connectivity index (χ1) is 12.0. The van der Waals surface area contributed by atoms with E-state index in [4.69, 9.17) is 5.26 Å². The molecule has 0 aromatic heterocycles. The van der Waals surface area contributed by atoms with E-state index in [0.717, 1.165) is 11.1 Å². The number of nitriles is 1. The van der Waals surface area contributed by atoms with Gasteiger partial charge in [-0.3, -0.25) is 14.9 Å². The molecule has 2 aromatic carbocycles. The molecule has 0 atom stereocenters. The molecule has 0 fully saturated rings. The molecule has 1 amide bonds. The van der Waals surface area contributed by atoms with Crippen LogP contribution in [-0.4, -0.2) is 28.6 Å². The SMILES string of the molecule is Cc1ccc(C=NN(CCC#N)C(=O)c2ccc([N+](=O)[O-])cc2)cc1. The van der Waals surface area contributed by atoms with Crippen LogP contribution < -0.4 is 0 Å². The summed E-state index contributed by atoms with van der Waals surface area (Å²) in [6.45, 7) is 2.10. The number of hydrogen-bond acceptors (Lipinski definition) is 5. The van der Waals surface area contributed by atoms with Gasteiger partial charge < -0.3 is 0 Å². The highest BCUT2D eigenvalue weighted by atomic mass is 16.6. The third-order valence-electron chi connectivity index (χ3n) is 3.42. The van der Waals surface area contributed by atoms with Crippen LogP contribution >= 0.6 is 0 Å². The number of amides is 1. The molecule has 0 aliphatic heterocycles. The highest BCUT2D eigenvalue weighted by molar-refractivity contribution is 5.95. The largest absolute Gasteiger partial charge is 0.273 e. The van der Waals surface area contributed by atoms with Crippen molar-refractivity contribution in [3.05, 3.63) is 75.3 Å². The van der Waals surface area contributed by atoms with E-state index in [1.165, 1.54) is 29.3 Å². The van der Waals surface area contributed by atoms with Crippen LogP contribution in [0.15, 0.2) is 53.6 Å². The van der Waals surface area contributed by atoms with Gasteiger partial charge in [-0.1, -0.05) is 29.8 Å². The van der Waals surface area contributed by atoms with E-state index < -0.39 is 10.8 Å². The maximum atomic E-state index is 12.5. The van der Waals surface area contributed by atoms with Crippen molar-refractivity contribution < 1.29 is 9.72 Å². The standard InChI is InChI=1S/C18H16N4O3/c1-14-3-5-15(6-4-14)13-20-21(12-2-11-19)18(23)16-7-9-17(10-8-16)22(24)25/h3-10,13H,2,12H2,1H3. The summed E-state index contributed by atoms with van der Waals surface area (Å²) in [7, 11) is 0. The second-order valence-corrected chi connectivity index (χ2v) is 5.30. The average molecular weight is 336 g/mol. The van der Waals surface area contributed by atoms with Gasteiger partial charge in [0.1, 0.15) is 0 Å². The number of aryl methyl sites for hydroxylation is 1. The predicted octanol–water partition coefficient (Wildman–Crippen LogP) is 3.29. The van der Waals surface area contributed by atoms with E-state index >= 15 is 0 Å². The molecule has 0 bridgehead atoms. The number of nitrogens with zero attached hydrogens (tertiary/aromatic N) is 4. The summed E-state index contributed by atoms with van der Waals surface area (Å²) in [6.07, 6.45) is 1.67. The predicted molar refractivity (Wildman–Crippen MR) is 93.1 cm³/mol. The minimum atomic E-state index is -0.531. The van der Waals surface area contributed by atoms with Crippen LogP contribution in [0, 0.1) is 28.4 Å². The molecule has 0 unspecified atom stereocenters. The topological polar surface area (TPSA) is 99.6 Å². The van der Waals surface area contributed by atoms with Crippen LogP contribution in [0.2, 0.25) is 0 Å². The smallest absolute Gasteiger partial charge is 0.267 e. The normalized spacial score (nSPS) is 10.4. The molecule has 2 rings (SSSR count). The van der Waals surface area contributed by atoms with E-state index in [1.807, 2.05) is 37.3 Å². The van der Waals surface area contributed by atoms with Crippen LogP contribution in [0.4, 0.5) is 5.69 Å². The molecule has 0 heterocycles. The number of nitro benzene ring substituents is 1. The average Bonchev–Trinajstić information content (AvgIpc) is 2.63. The van der Waals surface area contributed by atoms with Crippen molar-refractivity contribution in [1.29, 1.82) is 5.26 Å². The second kappa shape index (κ2) is 8.36. The van der Waals surface area contributed by atoms with Crippen molar-refractivity contribution in [2.45, 2.75) is 13.3 Å². The Morgan fingerprint density at radius 2 is 1.88 bits per heavy atom. The van der Waals surface area contributed by atoms with Gasteiger partial charge in [-0.15, -0.1) is 0 Å². The van der Waals surface area contributed by atoms with Gasteiger partial charge in [-0.25, -0.2) is 5.01 Å². The van der Waals surface area contributed by atoms with Gasteiger partial charge in [0, 0.05) is 17.7 Å². The first kappa shape index (κ1) is 17.8. The van der Waals surface area contributed by atoms with Gasteiger partial charge in [0.15, 0.2) is 0 Å². The lowest BCUT2D eigenvalue weighted by Gasteiger charge is -2.15. The van der Waals surface area contributed by atoms with Crippen LogP contribution in [0.5, 0.6) is 0 Å². The zero-order valence-electron chi connectivity index (χ0n) is 13.6. The fraction of sp³-hybridized carbons (Fsp3) is 0.167. The molecule has 0 saturated heterocycles. The molecular weight excluding hydrogens is 320 g/mol. The molecule has 7 heteroatoms. The van der Waals surface area contributed by atoms with Crippen LogP contribution in [-0.2, 0) is 0 Å². The molecule has 126 valence electrons. The molecular formula is C18H16N4O3. The van der Waals surface area contributed by atoms with Crippen molar-refractivity contribution in [1.82, 2.24) is 5.01 Å². The summed E-state index contributed by atoms with van der Waals surface area (Å²) in [6, 6.07) is 14.9. The second-order valence-electron chi connectivity index (χ2n) is 5.30. The lowest BCUT2D eigenvalue weighted by atomic mass is 10.2. The summed E-state index contributed by atoms with van der Waals surface area (Å²) in [5.74, 6) is -0.423. The van der Waals surface area contributed by atoms with Crippen LogP contribution in [0.1, 0.15) is 27.9 Å². The number of rotatable bonds is 6. The number of carbonyl (C=O) groups is 1. The number of hydrogen-bond donors (Lipinski definition) is 0. The first-order valence-corrected chi connectivity index (χ1v) is 7.55. The lowest BCUT2D eigenvalue weighted by molar-refractivity contribution is -0.384. The number of benzene rings is 2. The molecule has 25 heavy (non-hydrogen) atoms.